The highest BCUT2D eigenvalue weighted by atomic mass is 16.2. The second-order valence-corrected chi connectivity index (χ2v) is 5.08. The van der Waals surface area contributed by atoms with Gasteiger partial charge in [-0.15, -0.1) is 0 Å². The summed E-state index contributed by atoms with van der Waals surface area (Å²) >= 11 is 0. The quantitative estimate of drug-likeness (QED) is 0.885. The largest absolute Gasteiger partial charge is 0.338 e. The maximum absolute atomic E-state index is 12.4. The Hall–Kier alpha value is -1.35. The van der Waals surface area contributed by atoms with Crippen molar-refractivity contribution in [2.24, 2.45) is 5.73 Å². The zero-order valence-corrected chi connectivity index (χ0v) is 11.1. The summed E-state index contributed by atoms with van der Waals surface area (Å²) in [5.41, 5.74) is 8.08. The molecule has 2 N–H and O–H groups in total. The van der Waals surface area contributed by atoms with E-state index in [0.29, 0.717) is 13.0 Å². The van der Waals surface area contributed by atoms with Crippen molar-refractivity contribution < 1.29 is 4.79 Å². The Kier molecular flexibility index (Phi) is 4.37. The van der Waals surface area contributed by atoms with Crippen molar-refractivity contribution in [2.75, 3.05) is 13.1 Å². The smallest absolute Gasteiger partial charge is 0.227 e. The molecule has 1 atom stereocenters. The summed E-state index contributed by atoms with van der Waals surface area (Å²) in [5, 5.41) is 0. The molecule has 1 heterocycles. The Morgan fingerprint density at radius 1 is 1.39 bits per heavy atom. The molecule has 0 radical (unpaired) electrons. The Morgan fingerprint density at radius 3 is 2.89 bits per heavy atom. The van der Waals surface area contributed by atoms with Crippen LogP contribution in [0.1, 0.15) is 30.4 Å². The lowest BCUT2D eigenvalue weighted by atomic mass is 10.00. The lowest BCUT2D eigenvalue weighted by Gasteiger charge is -2.35. The Bertz CT molecular complexity index is 417. The summed E-state index contributed by atoms with van der Waals surface area (Å²) in [6.07, 6.45) is 3.85. The summed E-state index contributed by atoms with van der Waals surface area (Å²) in [5.74, 6) is 0.222. The molecule has 18 heavy (non-hydrogen) atoms. The van der Waals surface area contributed by atoms with Crippen molar-refractivity contribution in [1.82, 2.24) is 4.90 Å². The van der Waals surface area contributed by atoms with Crippen LogP contribution >= 0.6 is 0 Å². The topological polar surface area (TPSA) is 46.3 Å². The zero-order valence-electron chi connectivity index (χ0n) is 11.1. The Labute approximate surface area is 109 Å². The number of nitrogens with two attached hydrogens (primary N) is 1. The molecule has 0 unspecified atom stereocenters. The summed E-state index contributed by atoms with van der Waals surface area (Å²) < 4.78 is 0. The van der Waals surface area contributed by atoms with E-state index < -0.39 is 0 Å². The summed E-state index contributed by atoms with van der Waals surface area (Å²) in [6, 6.07) is 8.34. The fourth-order valence-corrected chi connectivity index (χ4v) is 2.65. The van der Waals surface area contributed by atoms with E-state index in [2.05, 4.69) is 13.0 Å². The van der Waals surface area contributed by atoms with E-state index in [-0.39, 0.29) is 11.9 Å². The van der Waals surface area contributed by atoms with Gasteiger partial charge < -0.3 is 10.6 Å². The van der Waals surface area contributed by atoms with Crippen LogP contribution in [0.15, 0.2) is 24.3 Å². The number of carbonyl (C=O) groups excluding carboxylic acids is 1. The molecule has 98 valence electrons. The lowest BCUT2D eigenvalue weighted by molar-refractivity contribution is -0.133. The van der Waals surface area contributed by atoms with Gasteiger partial charge in [-0.2, -0.15) is 0 Å². The minimum Gasteiger partial charge on any atom is -0.338 e. The standard InChI is InChI=1S/C15H22N2O/c1-12-6-2-3-7-13(12)10-15(18)17-9-5-4-8-14(17)11-16/h2-3,6-7,14H,4-5,8-11,16H2,1H3/t14-/m1/s1. The van der Waals surface area contributed by atoms with E-state index in [1.807, 2.05) is 23.1 Å². The third-order valence-electron chi connectivity index (χ3n) is 3.82. The van der Waals surface area contributed by atoms with Gasteiger partial charge in [-0.1, -0.05) is 24.3 Å². The molecule has 0 aromatic heterocycles. The fraction of sp³-hybridized carbons (Fsp3) is 0.533. The number of likely N-dealkylation sites (tertiary alicyclic amines) is 1. The third kappa shape index (κ3) is 2.91. The molecule has 1 aliphatic rings. The number of rotatable bonds is 3. The van der Waals surface area contributed by atoms with E-state index in [9.17, 15) is 4.79 Å². The summed E-state index contributed by atoms with van der Waals surface area (Å²) in [4.78, 5) is 14.3. The lowest BCUT2D eigenvalue weighted by Crippen LogP contribution is -2.48. The molecule has 0 aliphatic carbocycles. The van der Waals surface area contributed by atoms with Gasteiger partial charge in [0.15, 0.2) is 0 Å². The van der Waals surface area contributed by atoms with Gasteiger partial charge in [0.05, 0.1) is 6.42 Å². The number of carbonyl (C=O) groups is 1. The molecule has 1 aromatic carbocycles. The molecular weight excluding hydrogens is 224 g/mol. The van der Waals surface area contributed by atoms with Crippen molar-refractivity contribution in [2.45, 2.75) is 38.6 Å². The SMILES string of the molecule is Cc1ccccc1CC(=O)N1CCCC[C@@H]1CN. The molecule has 2 rings (SSSR count). The van der Waals surface area contributed by atoms with Crippen LogP contribution in [-0.4, -0.2) is 29.9 Å². The molecule has 1 aliphatic heterocycles. The first-order valence-corrected chi connectivity index (χ1v) is 6.76. The van der Waals surface area contributed by atoms with Crippen LogP contribution in [0.3, 0.4) is 0 Å². The van der Waals surface area contributed by atoms with Crippen molar-refractivity contribution in [1.29, 1.82) is 0 Å². The average Bonchev–Trinajstić information content (AvgIpc) is 2.41. The first-order valence-electron chi connectivity index (χ1n) is 6.76. The van der Waals surface area contributed by atoms with Gasteiger partial charge in [0.25, 0.3) is 0 Å². The molecule has 1 amide bonds. The van der Waals surface area contributed by atoms with Crippen LogP contribution < -0.4 is 5.73 Å². The first-order chi connectivity index (χ1) is 8.72. The summed E-state index contributed by atoms with van der Waals surface area (Å²) in [6.45, 7) is 3.51. The number of piperidine rings is 1. The first kappa shape index (κ1) is 13.1. The Balaban J connectivity index is 2.05. The van der Waals surface area contributed by atoms with Crippen LogP contribution in [0.25, 0.3) is 0 Å². The van der Waals surface area contributed by atoms with Crippen LogP contribution in [0, 0.1) is 6.92 Å². The van der Waals surface area contributed by atoms with E-state index in [1.165, 1.54) is 12.0 Å². The van der Waals surface area contributed by atoms with Crippen LogP contribution in [-0.2, 0) is 11.2 Å². The molecule has 1 fully saturated rings. The number of amides is 1. The van der Waals surface area contributed by atoms with Gasteiger partial charge in [0, 0.05) is 19.1 Å². The van der Waals surface area contributed by atoms with E-state index in [1.54, 1.807) is 0 Å². The number of hydrogen-bond donors (Lipinski definition) is 1. The molecule has 0 saturated carbocycles. The molecule has 0 spiro atoms. The molecule has 3 nitrogen and oxygen atoms in total. The molecule has 1 aromatic rings. The molecule has 0 bridgehead atoms. The average molecular weight is 246 g/mol. The maximum Gasteiger partial charge on any atom is 0.227 e. The molecular formula is C15H22N2O. The van der Waals surface area contributed by atoms with E-state index in [4.69, 9.17) is 5.73 Å². The van der Waals surface area contributed by atoms with Crippen LogP contribution in [0.5, 0.6) is 0 Å². The van der Waals surface area contributed by atoms with Crippen molar-refractivity contribution in [3.05, 3.63) is 35.4 Å². The summed E-state index contributed by atoms with van der Waals surface area (Å²) in [7, 11) is 0. The highest BCUT2D eigenvalue weighted by molar-refractivity contribution is 5.79. The van der Waals surface area contributed by atoms with Crippen LogP contribution in [0.4, 0.5) is 0 Å². The molecule has 1 saturated heterocycles. The number of benzene rings is 1. The highest BCUT2D eigenvalue weighted by Gasteiger charge is 2.25. The van der Waals surface area contributed by atoms with Crippen molar-refractivity contribution in [3.63, 3.8) is 0 Å². The Morgan fingerprint density at radius 2 is 2.17 bits per heavy atom. The normalized spacial score (nSPS) is 19.9. The fourth-order valence-electron chi connectivity index (χ4n) is 2.65. The van der Waals surface area contributed by atoms with E-state index >= 15 is 0 Å². The van der Waals surface area contributed by atoms with Gasteiger partial charge in [-0.25, -0.2) is 0 Å². The second kappa shape index (κ2) is 6.01. The minimum atomic E-state index is 0.222. The van der Waals surface area contributed by atoms with Gasteiger partial charge in [0.1, 0.15) is 0 Å². The van der Waals surface area contributed by atoms with E-state index in [0.717, 1.165) is 24.9 Å². The van der Waals surface area contributed by atoms with Crippen LogP contribution in [0.2, 0.25) is 0 Å². The maximum atomic E-state index is 12.4. The number of hydrogen-bond acceptors (Lipinski definition) is 2. The third-order valence-corrected chi connectivity index (χ3v) is 3.82. The highest BCUT2D eigenvalue weighted by Crippen LogP contribution is 2.18. The predicted molar refractivity (Wildman–Crippen MR) is 73.3 cm³/mol. The second-order valence-electron chi connectivity index (χ2n) is 5.08. The van der Waals surface area contributed by atoms with Gasteiger partial charge in [-0.05, 0) is 37.3 Å². The van der Waals surface area contributed by atoms with Gasteiger partial charge in [0.2, 0.25) is 5.91 Å². The monoisotopic (exact) mass is 246 g/mol. The number of nitrogens with zero attached hydrogens (tertiary/aromatic N) is 1. The molecule has 3 heteroatoms. The minimum absolute atomic E-state index is 0.222. The number of aryl methyl sites for hydroxylation is 1. The van der Waals surface area contributed by atoms with Gasteiger partial charge >= 0.3 is 0 Å². The predicted octanol–water partition coefficient (Wildman–Crippen LogP) is 1.88. The van der Waals surface area contributed by atoms with Crippen molar-refractivity contribution >= 4 is 5.91 Å². The van der Waals surface area contributed by atoms with Gasteiger partial charge in [-0.3, -0.25) is 4.79 Å². The zero-order chi connectivity index (χ0) is 13.0. The van der Waals surface area contributed by atoms with Crippen molar-refractivity contribution in [3.8, 4) is 0 Å².